The normalized spacial score (nSPS) is 9.88. The number of hydrogen-bond donors (Lipinski definition) is 3. The number of rotatable bonds is 4. The van der Waals surface area contributed by atoms with Crippen molar-refractivity contribution in [3.8, 4) is 0 Å². The van der Waals surface area contributed by atoms with Crippen molar-refractivity contribution in [2.45, 2.75) is 6.54 Å². The molecule has 0 radical (unpaired) electrons. The van der Waals surface area contributed by atoms with Gasteiger partial charge in [-0.05, 0) is 30.3 Å². The lowest BCUT2D eigenvalue weighted by molar-refractivity contribution is 0.259. The van der Waals surface area contributed by atoms with E-state index in [1.165, 1.54) is 0 Å². The van der Waals surface area contributed by atoms with Crippen molar-refractivity contribution in [3.63, 3.8) is 0 Å². The van der Waals surface area contributed by atoms with Crippen LogP contribution in [0.1, 0.15) is 5.56 Å². The summed E-state index contributed by atoms with van der Waals surface area (Å²) in [6.07, 6.45) is 3.33. The average Bonchev–Trinajstić information content (AvgIpc) is 2.80. The summed E-state index contributed by atoms with van der Waals surface area (Å²) >= 11 is 0. The van der Waals surface area contributed by atoms with Gasteiger partial charge in [-0.1, -0.05) is 0 Å². The van der Waals surface area contributed by atoms with E-state index >= 15 is 0 Å². The first-order chi connectivity index (χ1) is 8.24. The van der Waals surface area contributed by atoms with Gasteiger partial charge in [0.2, 0.25) is 0 Å². The lowest BCUT2D eigenvalue weighted by Crippen LogP contribution is -2.19. The molecule has 5 nitrogen and oxygen atoms in total. The average molecular weight is 231 g/mol. The van der Waals surface area contributed by atoms with Gasteiger partial charge in [0.05, 0.1) is 12.5 Å². The van der Waals surface area contributed by atoms with Crippen molar-refractivity contribution < 1.29 is 9.21 Å². The Morgan fingerprint density at radius 2 is 1.88 bits per heavy atom. The third-order valence-corrected chi connectivity index (χ3v) is 2.23. The minimum absolute atomic E-state index is 0.566. The summed E-state index contributed by atoms with van der Waals surface area (Å²) in [5.74, 6) is 0. The molecule has 1 aromatic carbocycles. The number of nitrogens with two attached hydrogens (primary N) is 1. The van der Waals surface area contributed by atoms with Crippen molar-refractivity contribution in [2.75, 3.05) is 10.6 Å². The third-order valence-electron chi connectivity index (χ3n) is 2.23. The number of carbonyl (C=O) groups excluding carboxylic acids is 1. The second-order valence-corrected chi connectivity index (χ2v) is 3.55. The van der Waals surface area contributed by atoms with E-state index < -0.39 is 6.03 Å². The summed E-state index contributed by atoms with van der Waals surface area (Å²) in [4.78, 5) is 10.6. The van der Waals surface area contributed by atoms with Gasteiger partial charge >= 0.3 is 6.03 Å². The number of furan rings is 1. The highest BCUT2D eigenvalue weighted by atomic mass is 16.3. The molecule has 0 spiro atoms. The SMILES string of the molecule is NC(=O)Nc1ccc(NCc2ccoc2)cc1. The minimum Gasteiger partial charge on any atom is -0.472 e. The van der Waals surface area contributed by atoms with Crippen LogP contribution in [0.2, 0.25) is 0 Å². The molecule has 0 bridgehead atoms. The van der Waals surface area contributed by atoms with Crippen LogP contribution in [0.25, 0.3) is 0 Å². The summed E-state index contributed by atoms with van der Waals surface area (Å²) < 4.78 is 4.96. The van der Waals surface area contributed by atoms with Gasteiger partial charge in [0.15, 0.2) is 0 Å². The van der Waals surface area contributed by atoms with Crippen LogP contribution in [0.3, 0.4) is 0 Å². The maximum absolute atomic E-state index is 10.6. The number of urea groups is 1. The molecule has 0 aliphatic heterocycles. The molecule has 0 atom stereocenters. The molecule has 88 valence electrons. The molecule has 0 saturated heterocycles. The van der Waals surface area contributed by atoms with Crippen LogP contribution in [-0.2, 0) is 6.54 Å². The van der Waals surface area contributed by atoms with Gasteiger partial charge in [-0.3, -0.25) is 0 Å². The Bertz CT molecular complexity index is 477. The van der Waals surface area contributed by atoms with E-state index in [9.17, 15) is 4.79 Å². The first-order valence-corrected chi connectivity index (χ1v) is 5.15. The molecule has 0 saturated carbocycles. The predicted octanol–water partition coefficient (Wildman–Crippen LogP) is 2.38. The van der Waals surface area contributed by atoms with Crippen LogP contribution in [0.5, 0.6) is 0 Å². The summed E-state index contributed by atoms with van der Waals surface area (Å²) in [7, 11) is 0. The molecule has 0 unspecified atom stereocenters. The Balaban J connectivity index is 1.91. The zero-order valence-electron chi connectivity index (χ0n) is 9.14. The van der Waals surface area contributed by atoms with E-state index in [1.807, 2.05) is 18.2 Å². The van der Waals surface area contributed by atoms with Gasteiger partial charge in [-0.25, -0.2) is 4.79 Å². The fourth-order valence-corrected chi connectivity index (χ4v) is 1.41. The molecule has 4 N–H and O–H groups in total. The van der Waals surface area contributed by atoms with Gasteiger partial charge in [0.25, 0.3) is 0 Å². The standard InChI is InChI=1S/C12H13N3O2/c13-12(16)15-11-3-1-10(2-4-11)14-7-9-5-6-17-8-9/h1-6,8,14H,7H2,(H3,13,15,16). The highest BCUT2D eigenvalue weighted by molar-refractivity contribution is 5.87. The molecule has 5 heteroatoms. The van der Waals surface area contributed by atoms with Crippen LogP contribution < -0.4 is 16.4 Å². The Hall–Kier alpha value is -2.43. The van der Waals surface area contributed by atoms with E-state index in [1.54, 1.807) is 24.7 Å². The van der Waals surface area contributed by atoms with Gasteiger partial charge in [0.1, 0.15) is 0 Å². The Morgan fingerprint density at radius 3 is 2.47 bits per heavy atom. The van der Waals surface area contributed by atoms with Crippen molar-refractivity contribution >= 4 is 17.4 Å². The molecule has 2 rings (SSSR count). The first kappa shape index (κ1) is 11.1. The van der Waals surface area contributed by atoms with Gasteiger partial charge < -0.3 is 20.8 Å². The first-order valence-electron chi connectivity index (χ1n) is 5.15. The van der Waals surface area contributed by atoms with Crippen molar-refractivity contribution in [3.05, 3.63) is 48.4 Å². The molecule has 0 fully saturated rings. The molecule has 2 amide bonds. The van der Waals surface area contributed by atoms with Gasteiger partial charge in [-0.15, -0.1) is 0 Å². The Kier molecular flexibility index (Phi) is 3.30. The van der Waals surface area contributed by atoms with Crippen LogP contribution in [0.15, 0.2) is 47.3 Å². The molecule has 0 aliphatic carbocycles. The number of carbonyl (C=O) groups is 1. The Morgan fingerprint density at radius 1 is 1.18 bits per heavy atom. The largest absolute Gasteiger partial charge is 0.472 e. The number of primary amides is 1. The second-order valence-electron chi connectivity index (χ2n) is 3.55. The fourth-order valence-electron chi connectivity index (χ4n) is 1.41. The number of hydrogen-bond acceptors (Lipinski definition) is 3. The maximum Gasteiger partial charge on any atom is 0.316 e. The zero-order valence-corrected chi connectivity index (χ0v) is 9.14. The predicted molar refractivity (Wildman–Crippen MR) is 65.7 cm³/mol. The monoisotopic (exact) mass is 231 g/mol. The van der Waals surface area contributed by atoms with Gasteiger partial charge in [-0.2, -0.15) is 0 Å². The summed E-state index contributed by atoms with van der Waals surface area (Å²) in [5, 5.41) is 5.72. The number of nitrogens with one attached hydrogen (secondary N) is 2. The van der Waals surface area contributed by atoms with Gasteiger partial charge in [0, 0.05) is 23.5 Å². The van der Waals surface area contributed by atoms with Crippen molar-refractivity contribution in [2.24, 2.45) is 5.73 Å². The number of amides is 2. The lowest BCUT2D eigenvalue weighted by Gasteiger charge is -2.06. The number of anilines is 2. The quantitative estimate of drug-likeness (QED) is 0.755. The van der Waals surface area contributed by atoms with Crippen molar-refractivity contribution in [1.29, 1.82) is 0 Å². The molecule has 17 heavy (non-hydrogen) atoms. The smallest absolute Gasteiger partial charge is 0.316 e. The third kappa shape index (κ3) is 3.27. The van der Waals surface area contributed by atoms with E-state index in [4.69, 9.17) is 10.2 Å². The molecular weight excluding hydrogens is 218 g/mol. The van der Waals surface area contributed by atoms with Crippen LogP contribution in [0, 0.1) is 0 Å². The van der Waals surface area contributed by atoms with Crippen LogP contribution in [0.4, 0.5) is 16.2 Å². The van der Waals surface area contributed by atoms with E-state index in [0.29, 0.717) is 12.2 Å². The molecule has 1 aromatic heterocycles. The minimum atomic E-state index is -0.566. The van der Waals surface area contributed by atoms with E-state index in [2.05, 4.69) is 10.6 Å². The second kappa shape index (κ2) is 5.07. The van der Waals surface area contributed by atoms with E-state index in [0.717, 1.165) is 11.3 Å². The summed E-state index contributed by atoms with van der Waals surface area (Å²) in [6, 6.07) is 8.63. The lowest BCUT2D eigenvalue weighted by atomic mass is 10.2. The topological polar surface area (TPSA) is 80.3 Å². The Labute approximate surface area is 98.6 Å². The molecular formula is C12H13N3O2. The molecule has 1 heterocycles. The summed E-state index contributed by atoms with van der Waals surface area (Å²) in [5.41, 5.74) is 7.71. The van der Waals surface area contributed by atoms with Crippen molar-refractivity contribution in [1.82, 2.24) is 0 Å². The van der Waals surface area contributed by atoms with Crippen LogP contribution in [-0.4, -0.2) is 6.03 Å². The van der Waals surface area contributed by atoms with Crippen LogP contribution >= 0.6 is 0 Å². The molecule has 0 aliphatic rings. The number of benzene rings is 1. The highest BCUT2D eigenvalue weighted by Crippen LogP contribution is 2.14. The summed E-state index contributed by atoms with van der Waals surface area (Å²) in [6.45, 7) is 0.694. The highest BCUT2D eigenvalue weighted by Gasteiger charge is 1.97. The fraction of sp³-hybridized carbons (Fsp3) is 0.0833. The zero-order chi connectivity index (χ0) is 12.1. The maximum atomic E-state index is 10.6. The van der Waals surface area contributed by atoms with E-state index in [-0.39, 0.29) is 0 Å². The molecule has 2 aromatic rings.